The highest BCUT2D eigenvalue weighted by molar-refractivity contribution is 7.17. The summed E-state index contributed by atoms with van der Waals surface area (Å²) in [6, 6.07) is 18.8. The van der Waals surface area contributed by atoms with Gasteiger partial charge in [-0.25, -0.2) is 9.59 Å². The average molecular weight is 420 g/mol. The number of aromatic nitrogens is 2. The highest BCUT2D eigenvalue weighted by Gasteiger charge is 2.21. The molecule has 4 aromatic rings. The Kier molecular flexibility index (Phi) is 5.63. The van der Waals surface area contributed by atoms with Crippen LogP contribution in [0.2, 0.25) is 0 Å². The van der Waals surface area contributed by atoms with Crippen molar-refractivity contribution in [2.24, 2.45) is 0 Å². The van der Waals surface area contributed by atoms with Gasteiger partial charge in [-0.3, -0.25) is 9.36 Å². The lowest BCUT2D eigenvalue weighted by molar-refractivity contribution is 0.140. The topological polar surface area (TPSA) is 70.3 Å². The summed E-state index contributed by atoms with van der Waals surface area (Å²) in [4.78, 5) is 39.3. The average Bonchev–Trinajstić information content (AvgIpc) is 3.15. The molecule has 7 heteroatoms. The molecule has 2 aromatic heterocycles. The fraction of sp³-hybridized carbons (Fsp3) is 0.174. The number of thiophene rings is 1. The number of fused-ring (bicyclic) bond motifs is 1. The second-order valence-corrected chi connectivity index (χ2v) is 7.81. The first-order valence-electron chi connectivity index (χ1n) is 9.55. The Morgan fingerprint density at radius 2 is 1.60 bits per heavy atom. The van der Waals surface area contributed by atoms with Gasteiger partial charge in [0.05, 0.1) is 5.39 Å². The number of carbonyl (C=O) groups is 1. The summed E-state index contributed by atoms with van der Waals surface area (Å²) in [5, 5.41) is 2.15. The molecule has 6 nitrogen and oxygen atoms in total. The Morgan fingerprint density at radius 1 is 0.967 bits per heavy atom. The van der Waals surface area contributed by atoms with Gasteiger partial charge < -0.3 is 4.74 Å². The number of aryl methyl sites for hydroxylation is 2. The van der Waals surface area contributed by atoms with Gasteiger partial charge in [0.1, 0.15) is 11.4 Å². The zero-order valence-corrected chi connectivity index (χ0v) is 17.2. The number of hydrogen-bond donors (Lipinski definition) is 0. The molecular weight excluding hydrogens is 400 g/mol. The second-order valence-electron chi connectivity index (χ2n) is 6.95. The van der Waals surface area contributed by atoms with Crippen LogP contribution in [0.15, 0.2) is 75.6 Å². The van der Waals surface area contributed by atoms with E-state index < -0.39 is 11.8 Å². The third-order valence-electron chi connectivity index (χ3n) is 4.89. The van der Waals surface area contributed by atoms with Crippen molar-refractivity contribution in [3.8, 4) is 0 Å². The molecule has 0 saturated heterocycles. The van der Waals surface area contributed by atoms with E-state index >= 15 is 0 Å². The molecule has 0 saturated carbocycles. The summed E-state index contributed by atoms with van der Waals surface area (Å²) < 4.78 is 7.48. The lowest BCUT2D eigenvalue weighted by atomic mass is 10.1. The van der Waals surface area contributed by atoms with Crippen LogP contribution in [-0.4, -0.2) is 15.2 Å². The predicted octanol–water partition coefficient (Wildman–Crippen LogP) is 3.96. The highest BCUT2D eigenvalue weighted by atomic mass is 32.1. The summed E-state index contributed by atoms with van der Waals surface area (Å²) in [7, 11) is 0. The van der Waals surface area contributed by atoms with Crippen molar-refractivity contribution in [1.29, 1.82) is 0 Å². The zero-order valence-electron chi connectivity index (χ0n) is 16.4. The Bertz CT molecular complexity index is 1300. The third kappa shape index (κ3) is 3.84. The Labute approximate surface area is 176 Å². The number of nitrogens with zero attached hydrogens (tertiary/aromatic N) is 2. The summed E-state index contributed by atoms with van der Waals surface area (Å²) >= 11 is 1.19. The standard InChI is InChI=1S/C23H20N2O4S/c1-16-15-30-21-19(16)20(26)24(13-12-17-8-4-2-5-9-17)22(27)25(21)23(28)29-14-18-10-6-3-7-11-18/h2-11,15H,12-14H2,1H3. The SMILES string of the molecule is Cc1csc2c1c(=O)n(CCc1ccccc1)c(=O)n2C(=O)OCc1ccccc1. The number of carbonyl (C=O) groups excluding carboxylic acids is 1. The molecule has 152 valence electrons. The maximum absolute atomic E-state index is 13.1. The van der Waals surface area contributed by atoms with Crippen molar-refractivity contribution < 1.29 is 9.53 Å². The first-order chi connectivity index (χ1) is 14.6. The normalized spacial score (nSPS) is 11.0. The van der Waals surface area contributed by atoms with Crippen LogP contribution in [0.4, 0.5) is 4.79 Å². The molecule has 0 aliphatic heterocycles. The number of ether oxygens (including phenoxy) is 1. The van der Waals surface area contributed by atoms with E-state index in [0.717, 1.165) is 25.8 Å². The minimum atomic E-state index is -0.788. The minimum Gasteiger partial charge on any atom is -0.444 e. The van der Waals surface area contributed by atoms with Crippen LogP contribution >= 0.6 is 11.3 Å². The van der Waals surface area contributed by atoms with E-state index in [1.165, 1.54) is 11.3 Å². The van der Waals surface area contributed by atoms with E-state index in [4.69, 9.17) is 4.74 Å². The number of rotatable bonds is 5. The van der Waals surface area contributed by atoms with Crippen molar-refractivity contribution >= 4 is 27.6 Å². The van der Waals surface area contributed by atoms with Gasteiger partial charge in [-0.05, 0) is 35.4 Å². The Morgan fingerprint density at radius 3 is 2.27 bits per heavy atom. The molecule has 0 bridgehead atoms. The minimum absolute atomic E-state index is 0.0428. The summed E-state index contributed by atoms with van der Waals surface area (Å²) in [6.07, 6.45) is -0.284. The van der Waals surface area contributed by atoms with Gasteiger partial charge in [0, 0.05) is 6.54 Å². The molecule has 2 heterocycles. The fourth-order valence-electron chi connectivity index (χ4n) is 3.31. The molecule has 4 rings (SSSR count). The molecule has 30 heavy (non-hydrogen) atoms. The summed E-state index contributed by atoms with van der Waals surface area (Å²) in [5.41, 5.74) is 1.50. The highest BCUT2D eigenvalue weighted by Crippen LogP contribution is 2.21. The van der Waals surface area contributed by atoms with E-state index in [1.54, 1.807) is 12.3 Å². The quantitative estimate of drug-likeness (QED) is 0.490. The van der Waals surface area contributed by atoms with Crippen LogP contribution in [0.1, 0.15) is 16.7 Å². The van der Waals surface area contributed by atoms with Crippen molar-refractivity contribution in [2.75, 3.05) is 0 Å². The van der Waals surface area contributed by atoms with Crippen LogP contribution in [0.25, 0.3) is 10.2 Å². The number of hydrogen-bond acceptors (Lipinski definition) is 5. The first-order valence-corrected chi connectivity index (χ1v) is 10.4. The fourth-order valence-corrected chi connectivity index (χ4v) is 4.34. The maximum Gasteiger partial charge on any atom is 0.423 e. The molecular formula is C23H20N2O4S. The van der Waals surface area contributed by atoms with E-state index in [9.17, 15) is 14.4 Å². The Balaban J connectivity index is 1.72. The van der Waals surface area contributed by atoms with Crippen molar-refractivity contribution in [3.63, 3.8) is 0 Å². The van der Waals surface area contributed by atoms with Crippen LogP contribution in [0.3, 0.4) is 0 Å². The molecule has 0 spiro atoms. The lowest BCUT2D eigenvalue weighted by Gasteiger charge is -2.12. The molecule has 0 fully saturated rings. The van der Waals surface area contributed by atoms with Crippen LogP contribution in [0, 0.1) is 6.92 Å². The Hall–Kier alpha value is -3.45. The van der Waals surface area contributed by atoms with E-state index in [0.29, 0.717) is 16.6 Å². The largest absolute Gasteiger partial charge is 0.444 e. The van der Waals surface area contributed by atoms with Gasteiger partial charge in [-0.15, -0.1) is 11.3 Å². The molecule has 0 N–H and O–H groups in total. The maximum atomic E-state index is 13.1. The van der Waals surface area contributed by atoms with Gasteiger partial charge in [-0.1, -0.05) is 60.7 Å². The van der Waals surface area contributed by atoms with E-state index in [-0.39, 0.29) is 18.7 Å². The third-order valence-corrected chi connectivity index (χ3v) is 5.98. The van der Waals surface area contributed by atoms with Crippen LogP contribution in [-0.2, 0) is 24.3 Å². The van der Waals surface area contributed by atoms with Gasteiger partial charge >= 0.3 is 11.8 Å². The van der Waals surface area contributed by atoms with Gasteiger partial charge in [0.25, 0.3) is 5.56 Å². The van der Waals surface area contributed by atoms with Crippen molar-refractivity contribution in [3.05, 3.63) is 104 Å². The molecule has 0 unspecified atom stereocenters. The van der Waals surface area contributed by atoms with E-state index in [1.807, 2.05) is 60.7 Å². The predicted molar refractivity (Wildman–Crippen MR) is 117 cm³/mol. The number of benzene rings is 2. The molecule has 0 amide bonds. The smallest absolute Gasteiger partial charge is 0.423 e. The monoisotopic (exact) mass is 420 g/mol. The van der Waals surface area contributed by atoms with Gasteiger partial charge in [-0.2, -0.15) is 4.57 Å². The second kappa shape index (κ2) is 8.51. The molecule has 0 atom stereocenters. The van der Waals surface area contributed by atoms with Crippen LogP contribution in [0.5, 0.6) is 0 Å². The van der Waals surface area contributed by atoms with Gasteiger partial charge in [0.15, 0.2) is 0 Å². The van der Waals surface area contributed by atoms with E-state index in [2.05, 4.69) is 0 Å². The van der Waals surface area contributed by atoms with Crippen molar-refractivity contribution in [2.45, 2.75) is 26.5 Å². The molecule has 2 aromatic carbocycles. The van der Waals surface area contributed by atoms with Crippen molar-refractivity contribution in [1.82, 2.24) is 9.13 Å². The van der Waals surface area contributed by atoms with Crippen LogP contribution < -0.4 is 11.2 Å². The zero-order chi connectivity index (χ0) is 21.1. The summed E-state index contributed by atoms with van der Waals surface area (Å²) in [6.45, 7) is 2.02. The first kappa shape index (κ1) is 19.8. The van der Waals surface area contributed by atoms with Gasteiger partial charge in [0.2, 0.25) is 0 Å². The molecule has 0 aliphatic rings. The summed E-state index contributed by atoms with van der Waals surface area (Å²) in [5.74, 6) is 0. The lowest BCUT2D eigenvalue weighted by Crippen LogP contribution is -2.42. The molecule has 0 radical (unpaired) electrons. The molecule has 0 aliphatic carbocycles.